The molecule has 3 N–H and O–H groups in total. The summed E-state index contributed by atoms with van der Waals surface area (Å²) in [6.45, 7) is 1.88. The summed E-state index contributed by atoms with van der Waals surface area (Å²) in [6.07, 6.45) is 3.65. The van der Waals surface area contributed by atoms with Crippen LogP contribution < -0.4 is 10.6 Å². The summed E-state index contributed by atoms with van der Waals surface area (Å²) in [5.74, 6) is 0.00368. The highest BCUT2D eigenvalue weighted by molar-refractivity contribution is 6.30. The molecule has 0 saturated heterocycles. The lowest BCUT2D eigenvalue weighted by molar-refractivity contribution is 0.126. The minimum atomic E-state index is -0.994. The zero-order valence-electron chi connectivity index (χ0n) is 15.6. The Hall–Kier alpha value is -2.06. The summed E-state index contributed by atoms with van der Waals surface area (Å²) in [4.78, 5) is 12.6. The van der Waals surface area contributed by atoms with Crippen molar-refractivity contribution >= 4 is 23.4 Å². The molecule has 3 rings (SSSR count). The molecule has 6 nitrogen and oxygen atoms in total. The average Bonchev–Trinajstić information content (AvgIpc) is 2.70. The first-order valence-electron chi connectivity index (χ1n) is 9.48. The summed E-state index contributed by atoms with van der Waals surface area (Å²) < 4.78 is 27.4. The molecule has 2 heterocycles. The van der Waals surface area contributed by atoms with E-state index < -0.39 is 12.1 Å². The van der Waals surface area contributed by atoms with Gasteiger partial charge in [0.05, 0.1) is 22.4 Å². The average molecular weight is 412 g/mol. The number of halogens is 3. The van der Waals surface area contributed by atoms with E-state index >= 15 is 0 Å². The van der Waals surface area contributed by atoms with Crippen LogP contribution in [-0.4, -0.2) is 44.9 Å². The number of pyridine rings is 1. The zero-order chi connectivity index (χ0) is 20.1. The van der Waals surface area contributed by atoms with Gasteiger partial charge in [0, 0.05) is 18.8 Å². The van der Waals surface area contributed by atoms with Gasteiger partial charge >= 0.3 is 0 Å². The topological polar surface area (TPSA) is 83.0 Å². The maximum atomic E-state index is 13.8. The molecule has 0 unspecified atom stereocenters. The third-order valence-corrected chi connectivity index (χ3v) is 5.11. The molecular formula is C19H24ClF2N5O. The van der Waals surface area contributed by atoms with Gasteiger partial charge in [0.25, 0.3) is 0 Å². The van der Waals surface area contributed by atoms with E-state index in [0.717, 1.165) is 12.8 Å². The van der Waals surface area contributed by atoms with Crippen molar-refractivity contribution < 1.29 is 13.9 Å². The van der Waals surface area contributed by atoms with Crippen molar-refractivity contribution in [2.24, 2.45) is 0 Å². The molecule has 0 bridgehead atoms. The molecule has 28 heavy (non-hydrogen) atoms. The minimum absolute atomic E-state index is 0.0627. The van der Waals surface area contributed by atoms with Crippen molar-refractivity contribution in [2.75, 3.05) is 17.2 Å². The lowest BCUT2D eigenvalue weighted by Gasteiger charge is -2.27. The van der Waals surface area contributed by atoms with Gasteiger partial charge in [-0.05, 0) is 44.2 Å². The number of nitrogens with zero attached hydrogens (tertiary/aromatic N) is 3. The van der Waals surface area contributed by atoms with E-state index in [0.29, 0.717) is 36.3 Å². The van der Waals surface area contributed by atoms with E-state index in [1.807, 2.05) is 0 Å². The lowest BCUT2D eigenvalue weighted by Crippen LogP contribution is -2.29. The molecule has 152 valence electrons. The molecule has 1 fully saturated rings. The number of alkyl halides is 1. The summed E-state index contributed by atoms with van der Waals surface area (Å²) >= 11 is 5.73. The second-order valence-corrected chi connectivity index (χ2v) is 7.37. The molecule has 0 radical (unpaired) electrons. The van der Waals surface area contributed by atoms with Crippen LogP contribution >= 0.6 is 11.6 Å². The number of aliphatic hydroxyl groups excluding tert-OH is 1. The Morgan fingerprint density at radius 1 is 1.25 bits per heavy atom. The Kier molecular flexibility index (Phi) is 6.96. The second kappa shape index (κ2) is 9.43. The lowest BCUT2D eigenvalue weighted by atomic mass is 9.93. The van der Waals surface area contributed by atoms with Crippen molar-refractivity contribution in [2.45, 2.75) is 57.3 Å². The largest absolute Gasteiger partial charge is 0.393 e. The van der Waals surface area contributed by atoms with Crippen LogP contribution in [0.25, 0.3) is 11.3 Å². The van der Waals surface area contributed by atoms with Gasteiger partial charge in [0.2, 0.25) is 11.9 Å². The van der Waals surface area contributed by atoms with Crippen molar-refractivity contribution in [3.63, 3.8) is 0 Å². The van der Waals surface area contributed by atoms with E-state index in [4.69, 9.17) is 11.6 Å². The van der Waals surface area contributed by atoms with Gasteiger partial charge in [-0.2, -0.15) is 9.37 Å². The van der Waals surface area contributed by atoms with Gasteiger partial charge in [-0.25, -0.2) is 14.4 Å². The number of hydrogen-bond acceptors (Lipinski definition) is 6. The number of rotatable bonds is 7. The van der Waals surface area contributed by atoms with Gasteiger partial charge < -0.3 is 15.7 Å². The Morgan fingerprint density at radius 3 is 2.68 bits per heavy atom. The van der Waals surface area contributed by atoms with E-state index in [2.05, 4.69) is 25.6 Å². The Bertz CT molecular complexity index is 802. The first-order valence-corrected chi connectivity index (χ1v) is 9.86. The third-order valence-electron chi connectivity index (χ3n) is 4.83. The number of anilines is 2. The van der Waals surface area contributed by atoms with Crippen LogP contribution in [0.1, 0.15) is 39.0 Å². The highest BCUT2D eigenvalue weighted by Gasteiger charge is 2.22. The summed E-state index contributed by atoms with van der Waals surface area (Å²) in [7, 11) is 0. The van der Waals surface area contributed by atoms with Gasteiger partial charge in [-0.1, -0.05) is 18.5 Å². The van der Waals surface area contributed by atoms with Crippen LogP contribution in [-0.2, 0) is 0 Å². The molecule has 0 spiro atoms. The zero-order valence-corrected chi connectivity index (χ0v) is 16.4. The summed E-state index contributed by atoms with van der Waals surface area (Å²) in [6, 6.07) is 3.15. The van der Waals surface area contributed by atoms with Crippen LogP contribution in [0.5, 0.6) is 0 Å². The fraction of sp³-hybridized carbons (Fsp3) is 0.526. The van der Waals surface area contributed by atoms with Gasteiger partial charge in [0.15, 0.2) is 0 Å². The molecule has 2 aromatic rings. The van der Waals surface area contributed by atoms with Crippen molar-refractivity contribution in [3.05, 3.63) is 29.3 Å². The molecule has 1 atom stereocenters. The molecule has 0 aromatic carbocycles. The Balaban J connectivity index is 1.87. The maximum Gasteiger partial charge on any atom is 0.232 e. The quantitative estimate of drug-likeness (QED) is 0.592. The standard InChI is InChI=1S/C19H24ClF2N5O/c1-2-11(21)9-23-19-24-10-14(16-8-7-15(20)17(22)26-16)18(27-19)25-12-3-5-13(28)6-4-12/h7-8,10-13,28H,2-6,9H2,1H3,(H2,23,24,25,27)/t11-,12?,13?/m0/s1. The van der Waals surface area contributed by atoms with E-state index in [1.54, 1.807) is 13.0 Å². The first-order chi connectivity index (χ1) is 13.5. The monoisotopic (exact) mass is 411 g/mol. The number of aromatic nitrogens is 3. The highest BCUT2D eigenvalue weighted by Crippen LogP contribution is 2.30. The molecule has 1 saturated carbocycles. The first kappa shape index (κ1) is 20.7. The number of aliphatic hydroxyl groups is 1. The van der Waals surface area contributed by atoms with Gasteiger partial charge in [-0.3, -0.25) is 0 Å². The van der Waals surface area contributed by atoms with E-state index in [1.165, 1.54) is 12.3 Å². The Labute approximate surface area is 167 Å². The van der Waals surface area contributed by atoms with Crippen molar-refractivity contribution in [3.8, 4) is 11.3 Å². The van der Waals surface area contributed by atoms with Crippen LogP contribution in [0.2, 0.25) is 5.02 Å². The van der Waals surface area contributed by atoms with Crippen LogP contribution in [0.15, 0.2) is 18.3 Å². The SMILES string of the molecule is CC[C@H](F)CNc1ncc(-c2ccc(Cl)c(F)n2)c(NC2CCC(O)CC2)n1. The fourth-order valence-electron chi connectivity index (χ4n) is 3.09. The number of nitrogens with one attached hydrogen (secondary N) is 2. The molecule has 9 heteroatoms. The molecule has 0 aliphatic heterocycles. The predicted molar refractivity (Wildman–Crippen MR) is 106 cm³/mol. The normalized spacial score (nSPS) is 20.6. The van der Waals surface area contributed by atoms with E-state index in [-0.39, 0.29) is 29.7 Å². The molecule has 1 aliphatic carbocycles. The summed E-state index contributed by atoms with van der Waals surface area (Å²) in [5.41, 5.74) is 0.878. The van der Waals surface area contributed by atoms with Crippen LogP contribution in [0, 0.1) is 5.95 Å². The van der Waals surface area contributed by atoms with E-state index in [9.17, 15) is 13.9 Å². The minimum Gasteiger partial charge on any atom is -0.393 e. The smallest absolute Gasteiger partial charge is 0.232 e. The number of hydrogen-bond donors (Lipinski definition) is 3. The molecular weight excluding hydrogens is 388 g/mol. The van der Waals surface area contributed by atoms with Crippen molar-refractivity contribution in [1.29, 1.82) is 0 Å². The predicted octanol–water partition coefficient (Wildman–Crippen LogP) is 4.21. The fourth-order valence-corrected chi connectivity index (χ4v) is 3.20. The van der Waals surface area contributed by atoms with Crippen LogP contribution in [0.4, 0.5) is 20.5 Å². The van der Waals surface area contributed by atoms with Gasteiger partial charge in [-0.15, -0.1) is 0 Å². The third kappa shape index (κ3) is 5.26. The van der Waals surface area contributed by atoms with Crippen molar-refractivity contribution in [1.82, 2.24) is 15.0 Å². The molecule has 0 amide bonds. The highest BCUT2D eigenvalue weighted by atomic mass is 35.5. The van der Waals surface area contributed by atoms with Gasteiger partial charge in [0.1, 0.15) is 12.0 Å². The Morgan fingerprint density at radius 2 is 2.00 bits per heavy atom. The molecule has 1 aliphatic rings. The maximum absolute atomic E-state index is 13.8. The van der Waals surface area contributed by atoms with Crippen LogP contribution in [0.3, 0.4) is 0 Å². The summed E-state index contributed by atoms with van der Waals surface area (Å²) in [5, 5.41) is 15.9. The second-order valence-electron chi connectivity index (χ2n) is 6.96. The molecule has 2 aromatic heterocycles.